The lowest BCUT2D eigenvalue weighted by atomic mass is 9.90. The molecule has 1 aliphatic rings. The first-order valence-corrected chi connectivity index (χ1v) is 6.91. The van der Waals surface area contributed by atoms with Gasteiger partial charge in [0.1, 0.15) is 5.82 Å². The SMILES string of the molecule is O=C(Nc1ccc(F)cc1)c1ccc2c(c1)CCCC2. The number of benzene rings is 2. The highest BCUT2D eigenvalue weighted by molar-refractivity contribution is 6.04. The van der Waals surface area contributed by atoms with Gasteiger partial charge in [-0.25, -0.2) is 4.39 Å². The van der Waals surface area contributed by atoms with Gasteiger partial charge < -0.3 is 5.32 Å². The molecular formula is C17H16FNO. The Hall–Kier alpha value is -2.16. The quantitative estimate of drug-likeness (QED) is 0.878. The fraction of sp³-hybridized carbons (Fsp3) is 0.235. The minimum atomic E-state index is -0.309. The van der Waals surface area contributed by atoms with Gasteiger partial charge in [0.15, 0.2) is 0 Å². The van der Waals surface area contributed by atoms with Gasteiger partial charge >= 0.3 is 0 Å². The van der Waals surface area contributed by atoms with Crippen LogP contribution in [0.4, 0.5) is 10.1 Å². The van der Waals surface area contributed by atoms with Crippen LogP contribution in [-0.4, -0.2) is 5.91 Å². The summed E-state index contributed by atoms with van der Waals surface area (Å²) >= 11 is 0. The Bertz CT molecular complexity index is 634. The highest BCUT2D eigenvalue weighted by Gasteiger charge is 2.12. The van der Waals surface area contributed by atoms with Crippen molar-refractivity contribution in [1.29, 1.82) is 0 Å². The van der Waals surface area contributed by atoms with Crippen LogP contribution in [0, 0.1) is 5.82 Å². The van der Waals surface area contributed by atoms with E-state index in [1.807, 2.05) is 18.2 Å². The largest absolute Gasteiger partial charge is 0.322 e. The number of hydrogen-bond donors (Lipinski definition) is 1. The highest BCUT2D eigenvalue weighted by Crippen LogP contribution is 2.22. The standard InChI is InChI=1S/C17H16FNO/c18-15-7-9-16(10-8-15)19-17(20)14-6-5-12-3-1-2-4-13(12)11-14/h5-11H,1-4H2,(H,19,20). The molecule has 0 atom stereocenters. The predicted molar refractivity (Wildman–Crippen MR) is 77.4 cm³/mol. The van der Waals surface area contributed by atoms with E-state index in [4.69, 9.17) is 0 Å². The van der Waals surface area contributed by atoms with Crippen LogP contribution < -0.4 is 5.32 Å². The van der Waals surface area contributed by atoms with Crippen LogP contribution in [0.1, 0.15) is 34.3 Å². The highest BCUT2D eigenvalue weighted by atomic mass is 19.1. The second kappa shape index (κ2) is 5.45. The van der Waals surface area contributed by atoms with Crippen molar-refractivity contribution in [3.8, 4) is 0 Å². The van der Waals surface area contributed by atoms with Crippen molar-refractivity contribution in [3.05, 3.63) is 65.0 Å². The van der Waals surface area contributed by atoms with E-state index >= 15 is 0 Å². The number of rotatable bonds is 2. The van der Waals surface area contributed by atoms with Crippen LogP contribution in [-0.2, 0) is 12.8 Å². The third-order valence-corrected chi connectivity index (χ3v) is 3.71. The molecule has 3 rings (SSSR count). The van der Waals surface area contributed by atoms with Crippen LogP contribution in [0.25, 0.3) is 0 Å². The molecule has 1 aliphatic carbocycles. The molecule has 0 bridgehead atoms. The molecule has 20 heavy (non-hydrogen) atoms. The second-order valence-electron chi connectivity index (χ2n) is 5.15. The lowest BCUT2D eigenvalue weighted by Crippen LogP contribution is -2.13. The average Bonchev–Trinajstić information content (AvgIpc) is 2.49. The molecule has 0 saturated heterocycles. The van der Waals surface area contributed by atoms with Crippen molar-refractivity contribution < 1.29 is 9.18 Å². The molecule has 2 aromatic carbocycles. The molecule has 1 N–H and O–H groups in total. The molecule has 0 spiro atoms. The summed E-state index contributed by atoms with van der Waals surface area (Å²) in [6, 6.07) is 11.7. The van der Waals surface area contributed by atoms with Crippen molar-refractivity contribution in [3.63, 3.8) is 0 Å². The van der Waals surface area contributed by atoms with Gasteiger partial charge in [0, 0.05) is 11.3 Å². The van der Waals surface area contributed by atoms with Crippen molar-refractivity contribution >= 4 is 11.6 Å². The molecular weight excluding hydrogens is 253 g/mol. The zero-order valence-corrected chi connectivity index (χ0v) is 11.2. The summed E-state index contributed by atoms with van der Waals surface area (Å²) in [7, 11) is 0. The minimum Gasteiger partial charge on any atom is -0.322 e. The van der Waals surface area contributed by atoms with Crippen molar-refractivity contribution in [1.82, 2.24) is 0 Å². The van der Waals surface area contributed by atoms with E-state index in [0.717, 1.165) is 12.8 Å². The predicted octanol–water partition coefficient (Wildman–Crippen LogP) is 3.96. The van der Waals surface area contributed by atoms with Gasteiger partial charge in [-0.1, -0.05) is 6.07 Å². The molecule has 0 aliphatic heterocycles. The lowest BCUT2D eigenvalue weighted by molar-refractivity contribution is 0.102. The molecule has 0 aromatic heterocycles. The van der Waals surface area contributed by atoms with Crippen LogP contribution in [0.15, 0.2) is 42.5 Å². The van der Waals surface area contributed by atoms with E-state index in [9.17, 15) is 9.18 Å². The lowest BCUT2D eigenvalue weighted by Gasteiger charge is -2.16. The van der Waals surface area contributed by atoms with Crippen LogP contribution >= 0.6 is 0 Å². The van der Waals surface area contributed by atoms with E-state index < -0.39 is 0 Å². The van der Waals surface area contributed by atoms with Gasteiger partial charge in [0.25, 0.3) is 5.91 Å². The molecule has 2 nitrogen and oxygen atoms in total. The summed E-state index contributed by atoms with van der Waals surface area (Å²) in [5.41, 5.74) is 3.90. The fourth-order valence-electron chi connectivity index (χ4n) is 2.61. The number of amides is 1. The second-order valence-corrected chi connectivity index (χ2v) is 5.15. The summed E-state index contributed by atoms with van der Waals surface area (Å²) in [6.07, 6.45) is 4.58. The molecule has 102 valence electrons. The Morgan fingerprint density at radius 2 is 1.65 bits per heavy atom. The van der Waals surface area contributed by atoms with Crippen molar-refractivity contribution in [2.75, 3.05) is 5.32 Å². The van der Waals surface area contributed by atoms with Crippen molar-refractivity contribution in [2.24, 2.45) is 0 Å². The number of hydrogen-bond acceptors (Lipinski definition) is 1. The molecule has 0 fully saturated rings. The smallest absolute Gasteiger partial charge is 0.255 e. The molecule has 2 aromatic rings. The maximum absolute atomic E-state index is 12.8. The fourth-order valence-corrected chi connectivity index (χ4v) is 2.61. The topological polar surface area (TPSA) is 29.1 Å². The van der Waals surface area contributed by atoms with Gasteiger partial charge in [-0.3, -0.25) is 4.79 Å². The normalized spacial score (nSPS) is 13.7. The number of fused-ring (bicyclic) bond motifs is 1. The molecule has 0 radical (unpaired) electrons. The molecule has 1 amide bonds. The van der Waals surface area contributed by atoms with Crippen LogP contribution in [0.5, 0.6) is 0 Å². The van der Waals surface area contributed by atoms with E-state index in [2.05, 4.69) is 5.32 Å². The number of halogens is 1. The Kier molecular flexibility index (Phi) is 3.50. The summed E-state index contributed by atoms with van der Waals surface area (Å²) in [5.74, 6) is -0.457. The number of anilines is 1. The summed E-state index contributed by atoms with van der Waals surface area (Å²) in [5, 5.41) is 2.79. The number of carbonyl (C=O) groups is 1. The minimum absolute atomic E-state index is 0.148. The third kappa shape index (κ3) is 2.72. The van der Waals surface area contributed by atoms with Crippen LogP contribution in [0.3, 0.4) is 0 Å². The van der Waals surface area contributed by atoms with Gasteiger partial charge in [-0.05, 0) is 73.2 Å². The molecule has 0 heterocycles. The first-order valence-electron chi connectivity index (χ1n) is 6.91. The maximum atomic E-state index is 12.8. The summed E-state index contributed by atoms with van der Waals surface area (Å²) < 4.78 is 12.8. The Morgan fingerprint density at radius 1 is 0.950 bits per heavy atom. The summed E-state index contributed by atoms with van der Waals surface area (Å²) in [4.78, 5) is 12.2. The van der Waals surface area contributed by atoms with Gasteiger partial charge in [0.2, 0.25) is 0 Å². The Balaban J connectivity index is 1.78. The Morgan fingerprint density at radius 3 is 2.40 bits per heavy atom. The monoisotopic (exact) mass is 269 g/mol. The summed E-state index contributed by atoms with van der Waals surface area (Å²) in [6.45, 7) is 0. The van der Waals surface area contributed by atoms with E-state index in [1.54, 1.807) is 12.1 Å². The zero-order chi connectivity index (χ0) is 13.9. The zero-order valence-electron chi connectivity index (χ0n) is 11.2. The molecule has 0 saturated carbocycles. The van der Waals surface area contributed by atoms with Gasteiger partial charge in [-0.2, -0.15) is 0 Å². The third-order valence-electron chi connectivity index (χ3n) is 3.71. The van der Waals surface area contributed by atoms with Gasteiger partial charge in [-0.15, -0.1) is 0 Å². The maximum Gasteiger partial charge on any atom is 0.255 e. The van der Waals surface area contributed by atoms with Gasteiger partial charge in [0.05, 0.1) is 0 Å². The molecule has 0 unspecified atom stereocenters. The first kappa shape index (κ1) is 12.9. The van der Waals surface area contributed by atoms with E-state index in [1.165, 1.54) is 36.1 Å². The molecule has 3 heteroatoms. The van der Waals surface area contributed by atoms with Crippen molar-refractivity contribution in [2.45, 2.75) is 25.7 Å². The first-order chi connectivity index (χ1) is 9.72. The van der Waals surface area contributed by atoms with E-state index in [-0.39, 0.29) is 11.7 Å². The van der Waals surface area contributed by atoms with Crippen LogP contribution in [0.2, 0.25) is 0 Å². The number of carbonyl (C=O) groups excluding carboxylic acids is 1. The van der Waals surface area contributed by atoms with E-state index in [0.29, 0.717) is 11.3 Å². The average molecular weight is 269 g/mol. The Labute approximate surface area is 117 Å². The number of nitrogens with one attached hydrogen (secondary N) is 1. The number of aryl methyl sites for hydroxylation is 2.